The highest BCUT2D eigenvalue weighted by atomic mass is 32.2. The Labute approximate surface area is 123 Å². The van der Waals surface area contributed by atoms with Gasteiger partial charge in [-0.3, -0.25) is 9.10 Å². The van der Waals surface area contributed by atoms with Crippen LogP contribution in [-0.2, 0) is 14.8 Å². The Hall–Kier alpha value is -1.70. The first-order valence-corrected chi connectivity index (χ1v) is 8.25. The number of nitrogens with zero attached hydrogens (tertiary/aromatic N) is 1. The number of rotatable bonds is 6. The summed E-state index contributed by atoms with van der Waals surface area (Å²) < 4.78 is 50.8. The molecule has 1 atom stereocenters. The van der Waals surface area contributed by atoms with Crippen molar-refractivity contribution < 1.29 is 22.0 Å². The van der Waals surface area contributed by atoms with Crippen LogP contribution in [0.3, 0.4) is 0 Å². The molecule has 0 aliphatic carbocycles. The maximum Gasteiger partial charge on any atom is 0.243 e. The van der Waals surface area contributed by atoms with Gasteiger partial charge in [0.1, 0.15) is 6.04 Å². The van der Waals surface area contributed by atoms with Crippen LogP contribution in [0.25, 0.3) is 0 Å². The van der Waals surface area contributed by atoms with E-state index in [0.29, 0.717) is 13.0 Å². The lowest BCUT2D eigenvalue weighted by molar-refractivity contribution is -0.121. The van der Waals surface area contributed by atoms with Gasteiger partial charge in [0.05, 0.1) is 11.9 Å². The van der Waals surface area contributed by atoms with Crippen LogP contribution in [0.2, 0.25) is 0 Å². The van der Waals surface area contributed by atoms with E-state index in [1.807, 2.05) is 6.92 Å². The predicted molar refractivity (Wildman–Crippen MR) is 76.4 cm³/mol. The second-order valence-corrected chi connectivity index (χ2v) is 6.48. The lowest BCUT2D eigenvalue weighted by Gasteiger charge is -2.28. The summed E-state index contributed by atoms with van der Waals surface area (Å²) >= 11 is 0. The number of anilines is 1. The third kappa shape index (κ3) is 4.38. The molecule has 0 fully saturated rings. The lowest BCUT2D eigenvalue weighted by Crippen LogP contribution is -2.48. The van der Waals surface area contributed by atoms with Gasteiger partial charge in [-0.2, -0.15) is 0 Å². The highest BCUT2D eigenvalue weighted by Crippen LogP contribution is 2.23. The van der Waals surface area contributed by atoms with Crippen molar-refractivity contribution >= 4 is 21.6 Å². The number of carbonyl (C=O) groups excluding carboxylic acids is 1. The molecule has 21 heavy (non-hydrogen) atoms. The van der Waals surface area contributed by atoms with Crippen LogP contribution < -0.4 is 9.62 Å². The summed E-state index contributed by atoms with van der Waals surface area (Å²) in [5, 5.41) is 2.57. The zero-order chi connectivity index (χ0) is 16.2. The molecule has 0 aliphatic rings. The number of carbonyl (C=O) groups is 1. The summed E-state index contributed by atoms with van der Waals surface area (Å²) in [7, 11) is -3.83. The Morgan fingerprint density at radius 1 is 1.33 bits per heavy atom. The van der Waals surface area contributed by atoms with Crippen molar-refractivity contribution in [3.63, 3.8) is 0 Å². The zero-order valence-corrected chi connectivity index (χ0v) is 12.9. The number of nitrogens with one attached hydrogen (secondary N) is 1. The molecule has 0 heterocycles. The minimum atomic E-state index is -3.83. The third-order valence-electron chi connectivity index (χ3n) is 2.80. The lowest BCUT2D eigenvalue weighted by atomic mass is 10.2. The molecule has 0 aliphatic heterocycles. The number of benzene rings is 1. The Balaban J connectivity index is 3.18. The fourth-order valence-corrected chi connectivity index (χ4v) is 2.99. The zero-order valence-electron chi connectivity index (χ0n) is 12.1. The van der Waals surface area contributed by atoms with Gasteiger partial charge in [-0.15, -0.1) is 0 Å². The Bertz CT molecular complexity index is 620. The van der Waals surface area contributed by atoms with Crippen LogP contribution in [-0.4, -0.2) is 33.2 Å². The first-order valence-electron chi connectivity index (χ1n) is 6.40. The fraction of sp³-hybridized carbons (Fsp3) is 0.462. The van der Waals surface area contributed by atoms with Crippen molar-refractivity contribution in [2.75, 3.05) is 17.1 Å². The number of hydrogen-bond acceptors (Lipinski definition) is 3. The predicted octanol–water partition coefficient (Wildman–Crippen LogP) is 1.65. The summed E-state index contributed by atoms with van der Waals surface area (Å²) in [5.74, 6) is -2.77. The average molecular weight is 320 g/mol. The summed E-state index contributed by atoms with van der Waals surface area (Å²) in [6.45, 7) is 3.64. The molecule has 1 aromatic carbocycles. The first kappa shape index (κ1) is 17.4. The van der Waals surface area contributed by atoms with Crippen molar-refractivity contribution in [2.45, 2.75) is 26.3 Å². The monoisotopic (exact) mass is 320 g/mol. The van der Waals surface area contributed by atoms with Gasteiger partial charge in [0.2, 0.25) is 15.9 Å². The van der Waals surface area contributed by atoms with Crippen molar-refractivity contribution in [3.05, 3.63) is 29.8 Å². The van der Waals surface area contributed by atoms with Gasteiger partial charge in [-0.1, -0.05) is 6.92 Å². The van der Waals surface area contributed by atoms with E-state index in [2.05, 4.69) is 5.32 Å². The van der Waals surface area contributed by atoms with Gasteiger partial charge in [0, 0.05) is 12.6 Å². The molecule has 0 unspecified atom stereocenters. The highest BCUT2D eigenvalue weighted by Gasteiger charge is 2.29. The molecule has 1 amide bonds. The third-order valence-corrected chi connectivity index (χ3v) is 4.04. The van der Waals surface area contributed by atoms with Gasteiger partial charge in [0.15, 0.2) is 11.6 Å². The van der Waals surface area contributed by atoms with Gasteiger partial charge in [-0.05, 0) is 25.5 Å². The minimum absolute atomic E-state index is 0.101. The van der Waals surface area contributed by atoms with Gasteiger partial charge < -0.3 is 5.32 Å². The molecule has 1 aromatic rings. The molecule has 0 saturated carbocycles. The van der Waals surface area contributed by atoms with Crippen LogP contribution in [0.15, 0.2) is 18.2 Å². The molecule has 0 spiro atoms. The van der Waals surface area contributed by atoms with E-state index in [1.54, 1.807) is 0 Å². The summed E-state index contributed by atoms with van der Waals surface area (Å²) in [4.78, 5) is 11.9. The Kier molecular flexibility index (Phi) is 5.65. The normalized spacial score (nSPS) is 12.8. The topological polar surface area (TPSA) is 66.5 Å². The molecule has 1 N–H and O–H groups in total. The molecule has 0 aromatic heterocycles. The smallest absolute Gasteiger partial charge is 0.243 e. The van der Waals surface area contributed by atoms with E-state index < -0.39 is 33.6 Å². The van der Waals surface area contributed by atoms with E-state index >= 15 is 0 Å². The van der Waals surface area contributed by atoms with Crippen LogP contribution in [0, 0.1) is 11.6 Å². The number of sulfonamides is 1. The molecular formula is C13H18F2N2O3S. The van der Waals surface area contributed by atoms with E-state index in [4.69, 9.17) is 0 Å². The fourth-order valence-electron chi connectivity index (χ4n) is 1.83. The largest absolute Gasteiger partial charge is 0.354 e. The number of halogens is 2. The van der Waals surface area contributed by atoms with Crippen LogP contribution in [0.1, 0.15) is 20.3 Å². The van der Waals surface area contributed by atoms with Crippen molar-refractivity contribution in [1.82, 2.24) is 5.32 Å². The van der Waals surface area contributed by atoms with Crippen molar-refractivity contribution in [2.24, 2.45) is 0 Å². The number of amides is 1. The first-order chi connectivity index (χ1) is 9.68. The van der Waals surface area contributed by atoms with Gasteiger partial charge in [-0.25, -0.2) is 17.2 Å². The molecular weight excluding hydrogens is 302 g/mol. The van der Waals surface area contributed by atoms with Gasteiger partial charge in [0.25, 0.3) is 0 Å². The quantitative estimate of drug-likeness (QED) is 0.866. The minimum Gasteiger partial charge on any atom is -0.354 e. The van der Waals surface area contributed by atoms with E-state index in [-0.39, 0.29) is 5.69 Å². The Morgan fingerprint density at radius 3 is 2.43 bits per heavy atom. The molecule has 1 rings (SSSR count). The number of hydrogen-bond donors (Lipinski definition) is 1. The second kappa shape index (κ2) is 6.84. The van der Waals surface area contributed by atoms with E-state index in [1.165, 1.54) is 6.92 Å². The summed E-state index contributed by atoms with van der Waals surface area (Å²) in [6.07, 6.45) is 1.60. The molecule has 118 valence electrons. The van der Waals surface area contributed by atoms with Crippen LogP contribution in [0.4, 0.5) is 14.5 Å². The van der Waals surface area contributed by atoms with Crippen molar-refractivity contribution in [3.8, 4) is 0 Å². The average Bonchev–Trinajstić information content (AvgIpc) is 2.38. The molecule has 8 heteroatoms. The van der Waals surface area contributed by atoms with Gasteiger partial charge >= 0.3 is 0 Å². The molecule has 0 bridgehead atoms. The standard InChI is InChI=1S/C13H18F2N2O3S/c1-4-7-16-13(18)9(2)17(21(3,19)20)10-5-6-11(14)12(15)8-10/h5-6,8-9H,4,7H2,1-3H3,(H,16,18)/t9-/m0/s1. The molecule has 0 radical (unpaired) electrons. The van der Waals surface area contributed by atoms with E-state index in [0.717, 1.165) is 28.8 Å². The second-order valence-electron chi connectivity index (χ2n) is 4.62. The van der Waals surface area contributed by atoms with Crippen LogP contribution >= 0.6 is 0 Å². The Morgan fingerprint density at radius 2 is 1.95 bits per heavy atom. The summed E-state index contributed by atoms with van der Waals surface area (Å²) in [5.41, 5.74) is -0.101. The molecule has 0 saturated heterocycles. The molecule has 5 nitrogen and oxygen atoms in total. The maximum atomic E-state index is 13.3. The summed E-state index contributed by atoms with van der Waals surface area (Å²) in [6, 6.07) is 1.61. The van der Waals surface area contributed by atoms with Crippen LogP contribution in [0.5, 0.6) is 0 Å². The van der Waals surface area contributed by atoms with Crippen molar-refractivity contribution in [1.29, 1.82) is 0 Å². The highest BCUT2D eigenvalue weighted by molar-refractivity contribution is 7.92. The maximum absolute atomic E-state index is 13.3. The van der Waals surface area contributed by atoms with E-state index in [9.17, 15) is 22.0 Å². The SMILES string of the molecule is CCCNC(=O)[C@H](C)N(c1ccc(F)c(F)c1)S(C)(=O)=O.